The Balaban J connectivity index is 1.66. The second-order valence-corrected chi connectivity index (χ2v) is 6.00. The van der Waals surface area contributed by atoms with Crippen molar-refractivity contribution in [2.45, 2.75) is 51.2 Å². The predicted octanol–water partition coefficient (Wildman–Crippen LogP) is 4.79. The highest BCUT2D eigenvalue weighted by atomic mass is 19.1. The molecule has 0 radical (unpaired) electrons. The largest absolute Gasteiger partial charge is 0.374 e. The number of benzene rings is 1. The fraction of sp³-hybridized carbons (Fsp3) is 0.474. The van der Waals surface area contributed by atoms with E-state index in [0.29, 0.717) is 24.5 Å². The predicted molar refractivity (Wildman–Crippen MR) is 85.7 cm³/mol. The van der Waals surface area contributed by atoms with Crippen LogP contribution in [-0.4, -0.2) is 6.10 Å². The molecule has 0 aromatic heterocycles. The second kappa shape index (κ2) is 9.08. The van der Waals surface area contributed by atoms with Gasteiger partial charge in [-0.1, -0.05) is 12.1 Å². The van der Waals surface area contributed by atoms with Crippen molar-refractivity contribution in [1.82, 2.24) is 0 Å². The number of rotatable bonds is 6. The van der Waals surface area contributed by atoms with Crippen LogP contribution < -0.4 is 0 Å². The Labute approximate surface area is 137 Å². The van der Waals surface area contributed by atoms with Gasteiger partial charge in [0.1, 0.15) is 6.07 Å². The highest BCUT2D eigenvalue weighted by Gasteiger charge is 2.21. The summed E-state index contributed by atoms with van der Waals surface area (Å²) in [6.45, 7) is 0.581. The van der Waals surface area contributed by atoms with Crippen LogP contribution >= 0.6 is 0 Å². The minimum atomic E-state index is -0.676. The van der Waals surface area contributed by atoms with Gasteiger partial charge in [-0.05, 0) is 68.2 Å². The molecule has 1 aliphatic carbocycles. The lowest BCUT2D eigenvalue weighted by atomic mass is 9.84. The second-order valence-electron chi connectivity index (χ2n) is 6.00. The summed E-state index contributed by atoms with van der Waals surface area (Å²) in [7, 11) is 0. The first-order valence-corrected chi connectivity index (χ1v) is 8.07. The maximum atomic E-state index is 12.7. The third kappa shape index (κ3) is 5.85. The minimum absolute atomic E-state index is 0.285. The Morgan fingerprint density at radius 2 is 1.87 bits per heavy atom. The van der Waals surface area contributed by atoms with Gasteiger partial charge in [0.05, 0.1) is 24.3 Å². The first-order chi connectivity index (χ1) is 11.2. The highest BCUT2D eigenvalue weighted by Crippen LogP contribution is 2.30. The molecule has 0 bridgehead atoms. The van der Waals surface area contributed by atoms with Gasteiger partial charge in [0.25, 0.3) is 0 Å². The van der Waals surface area contributed by atoms with Crippen molar-refractivity contribution in [3.63, 3.8) is 0 Å². The van der Waals surface area contributed by atoms with Gasteiger partial charge < -0.3 is 4.74 Å². The van der Waals surface area contributed by atoms with Crippen molar-refractivity contribution < 1.29 is 9.13 Å². The van der Waals surface area contributed by atoms with E-state index < -0.39 is 5.83 Å². The molecule has 120 valence electrons. The zero-order valence-electron chi connectivity index (χ0n) is 13.2. The van der Waals surface area contributed by atoms with Crippen LogP contribution in [0.1, 0.15) is 49.7 Å². The molecule has 4 heteroatoms. The first kappa shape index (κ1) is 17.2. The third-order valence-electron chi connectivity index (χ3n) is 4.37. The number of allylic oxidation sites excluding steroid dienone is 2. The normalized spacial score (nSPS) is 21.4. The quantitative estimate of drug-likeness (QED) is 0.709. The Morgan fingerprint density at radius 3 is 2.48 bits per heavy atom. The van der Waals surface area contributed by atoms with Crippen LogP contribution in [0.3, 0.4) is 0 Å². The van der Waals surface area contributed by atoms with Crippen LogP contribution in [0, 0.1) is 28.6 Å². The average molecular weight is 312 g/mol. The minimum Gasteiger partial charge on any atom is -0.374 e. The molecule has 0 unspecified atom stereocenters. The smallest absolute Gasteiger partial charge is 0.196 e. The van der Waals surface area contributed by atoms with E-state index in [2.05, 4.69) is 6.07 Å². The summed E-state index contributed by atoms with van der Waals surface area (Å²) >= 11 is 0. The molecule has 1 fully saturated rings. The summed E-state index contributed by atoms with van der Waals surface area (Å²) in [5, 5.41) is 17.1. The first-order valence-electron chi connectivity index (χ1n) is 8.07. The fourth-order valence-corrected chi connectivity index (χ4v) is 2.97. The molecule has 0 heterocycles. The van der Waals surface area contributed by atoms with Gasteiger partial charge in [0, 0.05) is 0 Å². The molecule has 1 saturated carbocycles. The lowest BCUT2D eigenvalue weighted by Crippen LogP contribution is -2.21. The van der Waals surface area contributed by atoms with Crippen LogP contribution in [0.15, 0.2) is 36.2 Å². The van der Waals surface area contributed by atoms with Gasteiger partial charge >= 0.3 is 0 Å². The van der Waals surface area contributed by atoms with E-state index in [1.807, 2.05) is 24.3 Å². The van der Waals surface area contributed by atoms with E-state index in [9.17, 15) is 4.39 Å². The summed E-state index contributed by atoms with van der Waals surface area (Å²) in [4.78, 5) is 0. The van der Waals surface area contributed by atoms with E-state index in [-0.39, 0.29) is 6.10 Å². The van der Waals surface area contributed by atoms with E-state index in [1.165, 1.54) is 12.1 Å². The summed E-state index contributed by atoms with van der Waals surface area (Å²) < 4.78 is 18.7. The number of halogens is 1. The van der Waals surface area contributed by atoms with Crippen molar-refractivity contribution in [2.75, 3.05) is 0 Å². The van der Waals surface area contributed by atoms with Gasteiger partial charge in [-0.15, -0.1) is 0 Å². The molecule has 1 aromatic carbocycles. The molecule has 1 aromatic rings. The number of hydrogen-bond donors (Lipinski definition) is 0. The number of ether oxygens (including phenoxy) is 1. The van der Waals surface area contributed by atoms with Crippen molar-refractivity contribution >= 4 is 0 Å². The lowest BCUT2D eigenvalue weighted by Gasteiger charge is -2.28. The molecule has 0 atom stereocenters. The topological polar surface area (TPSA) is 56.8 Å². The lowest BCUT2D eigenvalue weighted by molar-refractivity contribution is 0.00646. The van der Waals surface area contributed by atoms with Gasteiger partial charge in [-0.3, -0.25) is 0 Å². The molecule has 0 amide bonds. The Bertz CT molecular complexity index is 602. The van der Waals surface area contributed by atoms with Crippen LogP contribution in [0.5, 0.6) is 0 Å². The summed E-state index contributed by atoms with van der Waals surface area (Å²) in [6.07, 6.45) is 7.51. The Kier molecular flexibility index (Phi) is 6.78. The molecule has 0 spiro atoms. The molecule has 23 heavy (non-hydrogen) atoms. The van der Waals surface area contributed by atoms with E-state index >= 15 is 0 Å². The average Bonchev–Trinajstić information content (AvgIpc) is 2.61. The van der Waals surface area contributed by atoms with E-state index in [0.717, 1.165) is 37.7 Å². The van der Waals surface area contributed by atoms with Crippen molar-refractivity contribution in [1.29, 1.82) is 10.5 Å². The number of nitrogens with zero attached hydrogens (tertiary/aromatic N) is 2. The van der Waals surface area contributed by atoms with Crippen molar-refractivity contribution in [3.8, 4) is 12.1 Å². The summed E-state index contributed by atoms with van der Waals surface area (Å²) in [5.41, 5.74) is 1.75. The number of nitriles is 2. The molecular formula is C19H21FN2O. The third-order valence-corrected chi connectivity index (χ3v) is 4.37. The summed E-state index contributed by atoms with van der Waals surface area (Å²) in [6, 6.07) is 11.1. The standard InChI is InChI=1S/C19H21FN2O/c20-18(13-22)3-1-2-15-8-10-19(11-9-15)23-14-17-6-4-16(12-21)5-7-17/h3-7,15,19H,1-2,8-11,14H2. The van der Waals surface area contributed by atoms with Gasteiger partial charge in [-0.25, -0.2) is 0 Å². The number of hydrogen-bond acceptors (Lipinski definition) is 3. The molecular weight excluding hydrogens is 291 g/mol. The van der Waals surface area contributed by atoms with Gasteiger partial charge in [-0.2, -0.15) is 14.9 Å². The SMILES string of the molecule is N#CC(F)=CCCC1CCC(OCc2ccc(C#N)cc2)CC1. The Morgan fingerprint density at radius 1 is 1.17 bits per heavy atom. The van der Waals surface area contributed by atoms with Crippen LogP contribution in [-0.2, 0) is 11.3 Å². The van der Waals surface area contributed by atoms with Crippen LogP contribution in [0.2, 0.25) is 0 Å². The molecule has 0 N–H and O–H groups in total. The van der Waals surface area contributed by atoms with E-state index in [1.54, 1.807) is 0 Å². The van der Waals surface area contributed by atoms with Gasteiger partial charge in [0.2, 0.25) is 0 Å². The maximum absolute atomic E-state index is 12.7. The van der Waals surface area contributed by atoms with Crippen LogP contribution in [0.25, 0.3) is 0 Å². The highest BCUT2D eigenvalue weighted by molar-refractivity contribution is 5.31. The molecule has 2 rings (SSSR count). The molecule has 0 aliphatic heterocycles. The fourth-order valence-electron chi connectivity index (χ4n) is 2.97. The Hall–Kier alpha value is -2.17. The molecule has 0 saturated heterocycles. The molecule has 3 nitrogen and oxygen atoms in total. The van der Waals surface area contributed by atoms with Crippen molar-refractivity contribution in [2.24, 2.45) is 5.92 Å². The van der Waals surface area contributed by atoms with Crippen LogP contribution in [0.4, 0.5) is 4.39 Å². The van der Waals surface area contributed by atoms with E-state index in [4.69, 9.17) is 15.3 Å². The van der Waals surface area contributed by atoms with Crippen molar-refractivity contribution in [3.05, 3.63) is 47.3 Å². The maximum Gasteiger partial charge on any atom is 0.196 e. The van der Waals surface area contributed by atoms with Gasteiger partial charge in [0.15, 0.2) is 5.83 Å². The molecule has 1 aliphatic rings. The summed E-state index contributed by atoms with van der Waals surface area (Å²) in [5.74, 6) is -0.0723. The zero-order valence-corrected chi connectivity index (χ0v) is 13.2. The monoisotopic (exact) mass is 312 g/mol. The zero-order chi connectivity index (χ0) is 16.5.